The van der Waals surface area contributed by atoms with E-state index in [1.165, 1.54) is 6.42 Å². The Morgan fingerprint density at radius 2 is 1.96 bits per heavy atom. The number of carbonyl (C=O) groups is 1. The minimum absolute atomic E-state index is 0.000914. The summed E-state index contributed by atoms with van der Waals surface area (Å²) in [6, 6.07) is 7.42. The molecule has 1 saturated carbocycles. The molecule has 1 heterocycles. The smallest absolute Gasteiger partial charge is 0.232 e. The normalized spacial score (nSPS) is 16.4. The quantitative estimate of drug-likeness (QED) is 0.803. The zero-order valence-corrected chi connectivity index (χ0v) is 16.4. The predicted octanol–water partition coefficient (Wildman–Crippen LogP) is 4.00. The lowest BCUT2D eigenvalue weighted by Gasteiger charge is -2.22. The molecule has 5 nitrogen and oxygen atoms in total. The highest BCUT2D eigenvalue weighted by molar-refractivity contribution is 7.84. The highest BCUT2D eigenvalue weighted by atomic mass is 35.5. The Kier molecular flexibility index (Phi) is 6.48. The van der Waals surface area contributed by atoms with Gasteiger partial charge >= 0.3 is 0 Å². The fourth-order valence-electron chi connectivity index (χ4n) is 3.14. The molecule has 7 heteroatoms. The summed E-state index contributed by atoms with van der Waals surface area (Å²) in [6.45, 7) is 1.79. The number of aryl methyl sites for hydroxylation is 1. The second-order valence-corrected chi connectivity index (χ2v) is 8.55. The number of halogens is 1. The Morgan fingerprint density at radius 3 is 2.65 bits per heavy atom. The summed E-state index contributed by atoms with van der Waals surface area (Å²) in [7, 11) is -1.32. The van der Waals surface area contributed by atoms with E-state index in [1.807, 2.05) is 12.1 Å². The highest BCUT2D eigenvalue weighted by Crippen LogP contribution is 2.24. The van der Waals surface area contributed by atoms with E-state index in [2.05, 4.69) is 10.3 Å². The van der Waals surface area contributed by atoms with Gasteiger partial charge in [-0.05, 0) is 44.0 Å². The van der Waals surface area contributed by atoms with Crippen LogP contribution in [0.1, 0.15) is 43.6 Å². The third-order valence-corrected chi connectivity index (χ3v) is 5.98. The molecule has 0 saturated heterocycles. The first-order valence-electron chi connectivity index (χ1n) is 8.88. The van der Waals surface area contributed by atoms with E-state index in [0.717, 1.165) is 31.2 Å². The van der Waals surface area contributed by atoms with E-state index in [4.69, 9.17) is 16.0 Å². The number of oxazole rings is 1. The number of rotatable bonds is 6. The fourth-order valence-corrected chi connectivity index (χ4v) is 4.32. The molecule has 0 radical (unpaired) electrons. The van der Waals surface area contributed by atoms with Gasteiger partial charge in [-0.1, -0.05) is 30.9 Å². The van der Waals surface area contributed by atoms with Gasteiger partial charge in [0.1, 0.15) is 11.5 Å². The Bertz CT molecular complexity index is 783. The average Bonchev–Trinajstić information content (AvgIpc) is 2.96. The largest absolute Gasteiger partial charge is 0.441 e. The highest BCUT2D eigenvalue weighted by Gasteiger charge is 2.19. The van der Waals surface area contributed by atoms with Crippen molar-refractivity contribution in [3.8, 4) is 11.5 Å². The second-order valence-electron chi connectivity index (χ2n) is 6.66. The third kappa shape index (κ3) is 5.17. The van der Waals surface area contributed by atoms with Crippen LogP contribution in [0.25, 0.3) is 11.5 Å². The molecular formula is C19H23ClN2O3S. The molecule has 1 fully saturated rings. The van der Waals surface area contributed by atoms with E-state index in [1.54, 1.807) is 19.1 Å². The van der Waals surface area contributed by atoms with Crippen LogP contribution in [0.2, 0.25) is 5.02 Å². The van der Waals surface area contributed by atoms with Crippen LogP contribution in [0.15, 0.2) is 28.7 Å². The third-order valence-electron chi connectivity index (χ3n) is 4.54. The summed E-state index contributed by atoms with van der Waals surface area (Å²) in [5.41, 5.74) is 1.43. The van der Waals surface area contributed by atoms with Crippen molar-refractivity contribution in [1.82, 2.24) is 10.3 Å². The lowest BCUT2D eigenvalue weighted by molar-refractivity contribution is -0.119. The zero-order chi connectivity index (χ0) is 18.5. The van der Waals surface area contributed by atoms with E-state index >= 15 is 0 Å². The van der Waals surface area contributed by atoms with Crippen LogP contribution < -0.4 is 5.32 Å². The summed E-state index contributed by atoms with van der Waals surface area (Å²) < 4.78 is 18.0. The van der Waals surface area contributed by atoms with Crippen molar-refractivity contribution in [2.24, 2.45) is 0 Å². The Labute approximate surface area is 161 Å². The van der Waals surface area contributed by atoms with Gasteiger partial charge < -0.3 is 9.73 Å². The molecule has 1 unspecified atom stereocenters. The molecule has 1 N–H and O–H groups in total. The minimum Gasteiger partial charge on any atom is -0.441 e. The van der Waals surface area contributed by atoms with Crippen LogP contribution in [0.4, 0.5) is 0 Å². The summed E-state index contributed by atoms with van der Waals surface area (Å²) in [5, 5.41) is 3.64. The summed E-state index contributed by atoms with van der Waals surface area (Å²) in [4.78, 5) is 16.5. The van der Waals surface area contributed by atoms with Crippen LogP contribution >= 0.6 is 11.6 Å². The SMILES string of the molecule is Cc1oc(-c2ccc(Cl)cc2)nc1CS(=O)CC(=O)NC1CCCCC1. The van der Waals surface area contributed by atoms with Gasteiger partial charge in [0.15, 0.2) is 0 Å². The van der Waals surface area contributed by atoms with Crippen molar-refractivity contribution in [3.05, 3.63) is 40.7 Å². The number of hydrogen-bond acceptors (Lipinski definition) is 4. The Morgan fingerprint density at radius 1 is 1.27 bits per heavy atom. The van der Waals surface area contributed by atoms with Crippen molar-refractivity contribution >= 4 is 28.3 Å². The summed E-state index contributed by atoms with van der Waals surface area (Å²) in [5.74, 6) is 1.16. The first-order chi connectivity index (χ1) is 12.5. The van der Waals surface area contributed by atoms with Gasteiger partial charge in [-0.3, -0.25) is 9.00 Å². The maximum atomic E-state index is 12.4. The predicted molar refractivity (Wildman–Crippen MR) is 103 cm³/mol. The van der Waals surface area contributed by atoms with Gasteiger partial charge in [-0.25, -0.2) is 4.98 Å². The maximum absolute atomic E-state index is 12.4. The van der Waals surface area contributed by atoms with Gasteiger partial charge in [0.05, 0.1) is 11.4 Å². The van der Waals surface area contributed by atoms with E-state index in [-0.39, 0.29) is 23.5 Å². The lowest BCUT2D eigenvalue weighted by atomic mass is 9.95. The number of aromatic nitrogens is 1. The molecule has 26 heavy (non-hydrogen) atoms. The second kappa shape index (κ2) is 8.82. The molecule has 1 aliphatic rings. The molecule has 1 aromatic heterocycles. The van der Waals surface area contributed by atoms with Crippen LogP contribution in [-0.4, -0.2) is 26.9 Å². The number of hydrogen-bond donors (Lipinski definition) is 1. The molecule has 2 aromatic rings. The topological polar surface area (TPSA) is 72.2 Å². The van der Waals surface area contributed by atoms with Crippen molar-refractivity contribution < 1.29 is 13.4 Å². The molecule has 1 aromatic carbocycles. The van der Waals surface area contributed by atoms with E-state index in [0.29, 0.717) is 22.4 Å². The average molecular weight is 395 g/mol. The van der Waals surface area contributed by atoms with E-state index in [9.17, 15) is 9.00 Å². The van der Waals surface area contributed by atoms with Gasteiger partial charge in [-0.15, -0.1) is 0 Å². The van der Waals surface area contributed by atoms with Crippen molar-refractivity contribution in [2.45, 2.75) is 50.8 Å². The van der Waals surface area contributed by atoms with Crippen LogP contribution in [-0.2, 0) is 21.3 Å². The molecule has 1 amide bonds. The Balaban J connectivity index is 1.57. The van der Waals surface area contributed by atoms with Crippen molar-refractivity contribution in [3.63, 3.8) is 0 Å². The lowest BCUT2D eigenvalue weighted by Crippen LogP contribution is -2.38. The molecule has 0 aliphatic heterocycles. The van der Waals surface area contributed by atoms with Gasteiger partial charge in [0.2, 0.25) is 11.8 Å². The summed E-state index contributed by atoms with van der Waals surface area (Å²) >= 11 is 5.89. The maximum Gasteiger partial charge on any atom is 0.232 e. The number of benzene rings is 1. The molecule has 3 rings (SSSR count). The number of amides is 1. The first kappa shape index (κ1) is 19.1. The van der Waals surface area contributed by atoms with Crippen LogP contribution in [0.3, 0.4) is 0 Å². The molecule has 0 spiro atoms. The zero-order valence-electron chi connectivity index (χ0n) is 14.8. The molecular weight excluding hydrogens is 372 g/mol. The van der Waals surface area contributed by atoms with Crippen LogP contribution in [0.5, 0.6) is 0 Å². The van der Waals surface area contributed by atoms with Gasteiger partial charge in [-0.2, -0.15) is 0 Å². The molecule has 1 aliphatic carbocycles. The molecule has 140 valence electrons. The monoisotopic (exact) mass is 394 g/mol. The fraction of sp³-hybridized carbons (Fsp3) is 0.474. The minimum atomic E-state index is -1.32. The van der Waals surface area contributed by atoms with Crippen molar-refractivity contribution in [1.29, 1.82) is 0 Å². The molecule has 1 atom stereocenters. The number of nitrogens with one attached hydrogen (secondary N) is 1. The standard InChI is InChI=1S/C19H23ClN2O3S/c1-13-17(22-19(25-13)14-7-9-15(20)10-8-14)11-26(24)12-18(23)21-16-5-3-2-4-6-16/h7-10,16H,2-6,11-12H2,1H3,(H,21,23). The van der Waals surface area contributed by atoms with Crippen LogP contribution in [0, 0.1) is 6.92 Å². The van der Waals surface area contributed by atoms with Gasteiger partial charge in [0, 0.05) is 27.4 Å². The van der Waals surface area contributed by atoms with Crippen molar-refractivity contribution in [2.75, 3.05) is 5.75 Å². The molecule has 0 bridgehead atoms. The number of carbonyl (C=O) groups excluding carboxylic acids is 1. The van der Waals surface area contributed by atoms with Gasteiger partial charge in [0.25, 0.3) is 0 Å². The number of nitrogens with zero attached hydrogens (tertiary/aromatic N) is 1. The Hall–Kier alpha value is -1.66. The first-order valence-corrected chi connectivity index (χ1v) is 10.7. The summed E-state index contributed by atoms with van der Waals surface area (Å²) in [6.07, 6.45) is 5.58. The van der Waals surface area contributed by atoms with E-state index < -0.39 is 10.8 Å².